The van der Waals surface area contributed by atoms with Gasteiger partial charge in [-0.15, -0.1) is 0 Å². The van der Waals surface area contributed by atoms with Crippen LogP contribution in [0.5, 0.6) is 11.5 Å². The van der Waals surface area contributed by atoms with Crippen LogP contribution in [0.25, 0.3) is 0 Å². The van der Waals surface area contributed by atoms with Crippen molar-refractivity contribution in [1.82, 2.24) is 4.90 Å². The highest BCUT2D eigenvalue weighted by Gasteiger charge is 2.14. The Morgan fingerprint density at radius 1 is 1.05 bits per heavy atom. The van der Waals surface area contributed by atoms with Crippen LogP contribution in [0.4, 0.5) is 0 Å². The van der Waals surface area contributed by atoms with E-state index in [9.17, 15) is 5.11 Å². The predicted molar refractivity (Wildman–Crippen MR) is 85.2 cm³/mol. The van der Waals surface area contributed by atoms with Gasteiger partial charge in [0.15, 0.2) is 11.5 Å². The molecule has 0 amide bonds. The van der Waals surface area contributed by atoms with Gasteiger partial charge >= 0.3 is 0 Å². The minimum atomic E-state index is -0.483. The first-order valence-electron chi connectivity index (χ1n) is 7.52. The van der Waals surface area contributed by atoms with E-state index in [0.29, 0.717) is 19.8 Å². The number of likely N-dealkylation sites (N-methyl/N-ethyl adjacent to an activating group) is 1. The number of rotatable bonds is 5. The molecule has 0 aliphatic carbocycles. The average Bonchev–Trinajstić information content (AvgIpc) is 2.55. The molecule has 1 heterocycles. The van der Waals surface area contributed by atoms with Gasteiger partial charge in [0.1, 0.15) is 13.2 Å². The van der Waals surface area contributed by atoms with Crippen LogP contribution in [0.3, 0.4) is 0 Å². The molecule has 2 aromatic carbocycles. The molecule has 0 unspecified atom stereocenters. The number of ether oxygens (including phenoxy) is 2. The highest BCUT2D eigenvalue weighted by molar-refractivity contribution is 5.43. The van der Waals surface area contributed by atoms with E-state index in [1.807, 2.05) is 55.6 Å². The van der Waals surface area contributed by atoms with Crippen LogP contribution >= 0.6 is 0 Å². The third-order valence-electron chi connectivity index (χ3n) is 3.73. The van der Waals surface area contributed by atoms with Crippen LogP contribution in [0.1, 0.15) is 17.2 Å². The lowest BCUT2D eigenvalue weighted by atomic mass is 10.1. The van der Waals surface area contributed by atoms with Gasteiger partial charge in [-0.05, 0) is 30.3 Å². The van der Waals surface area contributed by atoms with Crippen LogP contribution < -0.4 is 9.47 Å². The molecule has 1 aliphatic rings. The fraction of sp³-hybridized carbons (Fsp3) is 0.333. The third kappa shape index (κ3) is 3.59. The highest BCUT2D eigenvalue weighted by atomic mass is 16.6. The quantitative estimate of drug-likeness (QED) is 0.921. The molecule has 4 nitrogen and oxygen atoms in total. The van der Waals surface area contributed by atoms with Gasteiger partial charge in [0.25, 0.3) is 0 Å². The Balaban J connectivity index is 1.61. The van der Waals surface area contributed by atoms with Gasteiger partial charge in [-0.25, -0.2) is 0 Å². The monoisotopic (exact) mass is 299 g/mol. The summed E-state index contributed by atoms with van der Waals surface area (Å²) in [5.74, 6) is 1.61. The first-order valence-corrected chi connectivity index (χ1v) is 7.52. The fourth-order valence-corrected chi connectivity index (χ4v) is 2.64. The Kier molecular flexibility index (Phi) is 4.61. The maximum absolute atomic E-state index is 10.3. The van der Waals surface area contributed by atoms with Crippen molar-refractivity contribution in [2.75, 3.05) is 26.8 Å². The summed E-state index contributed by atoms with van der Waals surface area (Å²) in [5.41, 5.74) is 2.09. The molecule has 0 saturated heterocycles. The topological polar surface area (TPSA) is 41.9 Å². The zero-order chi connectivity index (χ0) is 15.4. The molecular formula is C18H21NO3. The number of benzene rings is 2. The number of aliphatic hydroxyl groups excluding tert-OH is 1. The van der Waals surface area contributed by atoms with Gasteiger partial charge in [-0.1, -0.05) is 36.4 Å². The largest absolute Gasteiger partial charge is 0.486 e. The van der Waals surface area contributed by atoms with Crippen LogP contribution in [-0.2, 0) is 6.54 Å². The second-order valence-electron chi connectivity index (χ2n) is 5.60. The highest BCUT2D eigenvalue weighted by Crippen LogP contribution is 2.31. The summed E-state index contributed by atoms with van der Waals surface area (Å²) in [6, 6.07) is 15.7. The molecule has 0 bridgehead atoms. The van der Waals surface area contributed by atoms with Crippen molar-refractivity contribution in [3.05, 3.63) is 59.7 Å². The maximum atomic E-state index is 10.3. The van der Waals surface area contributed by atoms with Gasteiger partial charge < -0.3 is 14.6 Å². The average molecular weight is 299 g/mol. The molecule has 4 heteroatoms. The first kappa shape index (κ1) is 14.9. The number of fused-ring (bicyclic) bond motifs is 1. The first-order chi connectivity index (χ1) is 10.7. The molecule has 0 radical (unpaired) electrons. The molecular weight excluding hydrogens is 278 g/mol. The Bertz CT molecular complexity index is 615. The van der Waals surface area contributed by atoms with Crippen molar-refractivity contribution < 1.29 is 14.6 Å². The fourth-order valence-electron chi connectivity index (χ4n) is 2.64. The summed E-state index contributed by atoms with van der Waals surface area (Å²) in [5, 5.41) is 10.3. The second kappa shape index (κ2) is 6.81. The van der Waals surface area contributed by atoms with Crippen LogP contribution in [0, 0.1) is 0 Å². The summed E-state index contributed by atoms with van der Waals surface area (Å²) in [6.45, 7) is 2.54. The van der Waals surface area contributed by atoms with E-state index in [2.05, 4.69) is 4.90 Å². The van der Waals surface area contributed by atoms with Crippen molar-refractivity contribution in [2.45, 2.75) is 12.6 Å². The Morgan fingerprint density at radius 3 is 2.55 bits per heavy atom. The molecule has 1 atom stereocenters. The molecule has 0 fully saturated rings. The van der Waals surface area contributed by atoms with Crippen molar-refractivity contribution in [2.24, 2.45) is 0 Å². The smallest absolute Gasteiger partial charge is 0.161 e. The van der Waals surface area contributed by atoms with Gasteiger partial charge in [-0.2, -0.15) is 0 Å². The van der Waals surface area contributed by atoms with Crippen molar-refractivity contribution in [3.8, 4) is 11.5 Å². The lowest BCUT2D eigenvalue weighted by Crippen LogP contribution is -2.24. The molecule has 1 N–H and O–H groups in total. The Morgan fingerprint density at radius 2 is 1.77 bits per heavy atom. The molecule has 0 spiro atoms. The molecule has 22 heavy (non-hydrogen) atoms. The molecule has 2 aromatic rings. The summed E-state index contributed by atoms with van der Waals surface area (Å²) in [4.78, 5) is 2.10. The van der Waals surface area contributed by atoms with Crippen molar-refractivity contribution in [1.29, 1.82) is 0 Å². The van der Waals surface area contributed by atoms with Gasteiger partial charge in [0, 0.05) is 13.1 Å². The SMILES string of the molecule is CN(Cc1ccc2c(c1)OCCO2)C[C@@H](O)c1ccccc1. The lowest BCUT2D eigenvalue weighted by Gasteiger charge is -2.23. The molecule has 0 aromatic heterocycles. The number of hydrogen-bond acceptors (Lipinski definition) is 4. The molecule has 1 aliphatic heterocycles. The lowest BCUT2D eigenvalue weighted by molar-refractivity contribution is 0.123. The van der Waals surface area contributed by atoms with E-state index in [-0.39, 0.29) is 0 Å². The van der Waals surface area contributed by atoms with E-state index in [1.165, 1.54) is 0 Å². The standard InChI is InChI=1S/C18H21NO3/c1-19(13-16(20)15-5-3-2-4-6-15)12-14-7-8-17-18(11-14)22-10-9-21-17/h2-8,11,16,20H,9-10,12-13H2,1H3/t16-/m1/s1. The number of hydrogen-bond donors (Lipinski definition) is 1. The summed E-state index contributed by atoms with van der Waals surface area (Å²) in [7, 11) is 2.00. The Labute approximate surface area is 130 Å². The van der Waals surface area contributed by atoms with E-state index in [4.69, 9.17) is 9.47 Å². The predicted octanol–water partition coefficient (Wildman–Crippen LogP) is 2.62. The summed E-state index contributed by atoms with van der Waals surface area (Å²) < 4.78 is 11.1. The van der Waals surface area contributed by atoms with Crippen molar-refractivity contribution in [3.63, 3.8) is 0 Å². The molecule has 3 rings (SSSR count). The Hall–Kier alpha value is -2.04. The number of aliphatic hydroxyl groups is 1. The normalized spacial score (nSPS) is 14.9. The van der Waals surface area contributed by atoms with Crippen LogP contribution in [-0.4, -0.2) is 36.8 Å². The van der Waals surface area contributed by atoms with E-state index in [1.54, 1.807) is 0 Å². The summed E-state index contributed by atoms with van der Waals surface area (Å²) in [6.07, 6.45) is -0.483. The summed E-state index contributed by atoms with van der Waals surface area (Å²) >= 11 is 0. The third-order valence-corrected chi connectivity index (χ3v) is 3.73. The van der Waals surface area contributed by atoms with Gasteiger partial charge in [-0.3, -0.25) is 4.90 Å². The van der Waals surface area contributed by atoms with Gasteiger partial charge in [0.2, 0.25) is 0 Å². The second-order valence-corrected chi connectivity index (χ2v) is 5.60. The minimum Gasteiger partial charge on any atom is -0.486 e. The number of nitrogens with zero attached hydrogens (tertiary/aromatic N) is 1. The van der Waals surface area contributed by atoms with Crippen LogP contribution in [0.15, 0.2) is 48.5 Å². The molecule has 116 valence electrons. The maximum Gasteiger partial charge on any atom is 0.161 e. The zero-order valence-corrected chi connectivity index (χ0v) is 12.7. The van der Waals surface area contributed by atoms with Gasteiger partial charge in [0.05, 0.1) is 6.10 Å². The zero-order valence-electron chi connectivity index (χ0n) is 12.7. The molecule has 0 saturated carbocycles. The van der Waals surface area contributed by atoms with Crippen molar-refractivity contribution >= 4 is 0 Å². The van der Waals surface area contributed by atoms with E-state index < -0.39 is 6.10 Å². The minimum absolute atomic E-state index is 0.483. The van der Waals surface area contributed by atoms with Crippen LogP contribution in [0.2, 0.25) is 0 Å². The van der Waals surface area contributed by atoms with E-state index >= 15 is 0 Å². The van der Waals surface area contributed by atoms with E-state index in [0.717, 1.165) is 29.2 Å².